The first-order chi connectivity index (χ1) is 8.02. The summed E-state index contributed by atoms with van der Waals surface area (Å²) in [6.07, 6.45) is 0. The number of benzene rings is 1. The van der Waals surface area contributed by atoms with Crippen molar-refractivity contribution in [1.29, 1.82) is 0 Å². The van der Waals surface area contributed by atoms with Gasteiger partial charge in [0.15, 0.2) is 0 Å². The number of rotatable bonds is 5. The van der Waals surface area contributed by atoms with Crippen molar-refractivity contribution in [3.8, 4) is 5.75 Å². The highest BCUT2D eigenvalue weighted by Gasteiger charge is 2.15. The van der Waals surface area contributed by atoms with E-state index in [4.69, 9.17) is 0 Å². The van der Waals surface area contributed by atoms with E-state index in [9.17, 15) is 9.90 Å². The average Bonchev–Trinajstić information content (AvgIpc) is 2.27. The third-order valence-electron chi connectivity index (χ3n) is 2.55. The van der Waals surface area contributed by atoms with Crippen LogP contribution in [0.25, 0.3) is 0 Å². The molecule has 1 atom stereocenters. The lowest BCUT2D eigenvalue weighted by molar-refractivity contribution is -0.145. The Bertz CT molecular complexity index is 379. The van der Waals surface area contributed by atoms with Gasteiger partial charge in [-0.25, -0.2) is 0 Å². The number of carbonyl (C=O) groups is 1. The van der Waals surface area contributed by atoms with Gasteiger partial charge >= 0.3 is 5.97 Å². The van der Waals surface area contributed by atoms with E-state index in [1.54, 1.807) is 12.1 Å². The molecule has 0 bridgehead atoms. The topological polar surface area (TPSA) is 49.8 Å². The fraction of sp³-hybridized carbons (Fsp3) is 0.462. The summed E-state index contributed by atoms with van der Waals surface area (Å²) in [6, 6.07) is 7.11. The maximum Gasteiger partial charge on any atom is 0.309 e. The third-order valence-corrected chi connectivity index (χ3v) is 2.55. The van der Waals surface area contributed by atoms with Gasteiger partial charge in [-0.3, -0.25) is 4.79 Å². The molecule has 4 heteroatoms. The maximum absolute atomic E-state index is 11.3. The molecule has 1 N–H and O–H groups in total. The molecule has 1 aromatic carbocycles. The van der Waals surface area contributed by atoms with Crippen molar-refractivity contribution in [2.45, 2.75) is 13.5 Å². The monoisotopic (exact) mass is 237 g/mol. The molecular formula is C13H19NO3. The van der Waals surface area contributed by atoms with Gasteiger partial charge in [0.25, 0.3) is 0 Å². The Labute approximate surface area is 102 Å². The Kier molecular flexibility index (Phi) is 4.97. The van der Waals surface area contributed by atoms with E-state index in [2.05, 4.69) is 4.74 Å². The van der Waals surface area contributed by atoms with Crippen LogP contribution in [0.2, 0.25) is 0 Å². The highest BCUT2D eigenvalue weighted by atomic mass is 16.5. The summed E-state index contributed by atoms with van der Waals surface area (Å²) in [5.74, 6) is -0.0908. The average molecular weight is 237 g/mol. The Balaban J connectivity index is 2.49. The van der Waals surface area contributed by atoms with Crippen LogP contribution in [0.4, 0.5) is 0 Å². The zero-order valence-electron chi connectivity index (χ0n) is 10.5. The molecule has 0 heterocycles. The Morgan fingerprint density at radius 1 is 1.53 bits per heavy atom. The van der Waals surface area contributed by atoms with Gasteiger partial charge in [0, 0.05) is 13.1 Å². The number of aromatic hydroxyl groups is 1. The number of ether oxygens (including phenoxy) is 1. The van der Waals surface area contributed by atoms with Crippen LogP contribution in [-0.4, -0.2) is 36.7 Å². The largest absolute Gasteiger partial charge is 0.508 e. The molecule has 0 saturated carbocycles. The lowest BCUT2D eigenvalue weighted by Crippen LogP contribution is -2.29. The summed E-state index contributed by atoms with van der Waals surface area (Å²) < 4.78 is 4.68. The quantitative estimate of drug-likeness (QED) is 0.791. The van der Waals surface area contributed by atoms with Gasteiger partial charge in [0.2, 0.25) is 0 Å². The summed E-state index contributed by atoms with van der Waals surface area (Å²) >= 11 is 0. The molecule has 1 aromatic rings. The molecule has 0 aliphatic heterocycles. The molecule has 0 amide bonds. The van der Waals surface area contributed by atoms with E-state index in [0.717, 1.165) is 5.56 Å². The molecule has 0 aliphatic carbocycles. The van der Waals surface area contributed by atoms with Crippen LogP contribution < -0.4 is 0 Å². The number of phenols is 1. The van der Waals surface area contributed by atoms with Crippen molar-refractivity contribution in [3.63, 3.8) is 0 Å². The highest BCUT2D eigenvalue weighted by molar-refractivity contribution is 5.72. The van der Waals surface area contributed by atoms with Crippen LogP contribution in [0.5, 0.6) is 5.75 Å². The van der Waals surface area contributed by atoms with E-state index in [0.29, 0.717) is 13.1 Å². The molecule has 0 spiro atoms. The number of esters is 1. The second-order valence-electron chi connectivity index (χ2n) is 4.29. The summed E-state index contributed by atoms with van der Waals surface area (Å²) in [7, 11) is 3.33. The minimum absolute atomic E-state index is 0.151. The van der Waals surface area contributed by atoms with E-state index in [-0.39, 0.29) is 17.6 Å². The van der Waals surface area contributed by atoms with Crippen molar-refractivity contribution in [2.75, 3.05) is 20.7 Å². The van der Waals surface area contributed by atoms with Gasteiger partial charge in [0.1, 0.15) is 5.75 Å². The predicted molar refractivity (Wildman–Crippen MR) is 65.6 cm³/mol. The molecule has 0 aliphatic rings. The fourth-order valence-electron chi connectivity index (χ4n) is 1.77. The molecule has 94 valence electrons. The number of carbonyl (C=O) groups excluding carboxylic acids is 1. The Morgan fingerprint density at radius 2 is 2.24 bits per heavy atom. The first kappa shape index (κ1) is 13.5. The molecule has 1 rings (SSSR count). The molecule has 17 heavy (non-hydrogen) atoms. The normalized spacial score (nSPS) is 12.5. The van der Waals surface area contributed by atoms with Gasteiger partial charge in [-0.15, -0.1) is 0 Å². The minimum Gasteiger partial charge on any atom is -0.508 e. The first-order valence-corrected chi connectivity index (χ1v) is 5.57. The standard InChI is InChI=1S/C13H19NO3/c1-10(13(16)17-3)8-14(2)9-11-5-4-6-12(15)7-11/h4-7,10,15H,8-9H2,1-3H3. The molecule has 0 aromatic heterocycles. The summed E-state index contributed by atoms with van der Waals surface area (Å²) in [6.45, 7) is 3.16. The zero-order chi connectivity index (χ0) is 12.8. The number of hydrogen-bond donors (Lipinski definition) is 1. The Morgan fingerprint density at radius 3 is 2.82 bits per heavy atom. The number of phenolic OH excluding ortho intramolecular Hbond substituents is 1. The van der Waals surface area contributed by atoms with Gasteiger partial charge in [0.05, 0.1) is 13.0 Å². The van der Waals surface area contributed by atoms with Crippen molar-refractivity contribution < 1.29 is 14.6 Å². The molecule has 4 nitrogen and oxygen atoms in total. The second kappa shape index (κ2) is 6.25. The molecular weight excluding hydrogens is 218 g/mol. The maximum atomic E-state index is 11.3. The van der Waals surface area contributed by atoms with Gasteiger partial charge in [-0.1, -0.05) is 19.1 Å². The van der Waals surface area contributed by atoms with Gasteiger partial charge in [-0.05, 0) is 24.7 Å². The van der Waals surface area contributed by atoms with E-state index >= 15 is 0 Å². The fourth-order valence-corrected chi connectivity index (χ4v) is 1.77. The van der Waals surface area contributed by atoms with Crippen molar-refractivity contribution >= 4 is 5.97 Å². The van der Waals surface area contributed by atoms with Gasteiger partial charge < -0.3 is 14.7 Å². The Hall–Kier alpha value is -1.55. The summed E-state index contributed by atoms with van der Waals surface area (Å²) in [5.41, 5.74) is 1.02. The molecule has 0 fully saturated rings. The van der Waals surface area contributed by atoms with Crippen molar-refractivity contribution in [3.05, 3.63) is 29.8 Å². The van der Waals surface area contributed by atoms with Crippen molar-refractivity contribution in [1.82, 2.24) is 4.90 Å². The smallest absolute Gasteiger partial charge is 0.309 e. The minimum atomic E-state index is -0.201. The highest BCUT2D eigenvalue weighted by Crippen LogP contribution is 2.13. The van der Waals surface area contributed by atoms with Crippen LogP contribution in [-0.2, 0) is 16.1 Å². The molecule has 1 unspecified atom stereocenters. The summed E-state index contributed by atoms with van der Waals surface area (Å²) in [5, 5.41) is 9.34. The van der Waals surface area contributed by atoms with E-state index < -0.39 is 0 Å². The van der Waals surface area contributed by atoms with Crippen LogP contribution >= 0.6 is 0 Å². The second-order valence-corrected chi connectivity index (χ2v) is 4.29. The summed E-state index contributed by atoms with van der Waals surface area (Å²) in [4.78, 5) is 13.3. The lowest BCUT2D eigenvalue weighted by Gasteiger charge is -2.19. The van der Waals surface area contributed by atoms with E-state index in [1.165, 1.54) is 7.11 Å². The van der Waals surface area contributed by atoms with Crippen LogP contribution in [0.3, 0.4) is 0 Å². The lowest BCUT2D eigenvalue weighted by atomic mass is 10.1. The molecule has 0 saturated heterocycles. The first-order valence-electron chi connectivity index (χ1n) is 5.57. The number of nitrogens with zero attached hydrogens (tertiary/aromatic N) is 1. The number of methoxy groups -OCH3 is 1. The van der Waals surface area contributed by atoms with Crippen LogP contribution in [0, 0.1) is 5.92 Å². The SMILES string of the molecule is COC(=O)C(C)CN(C)Cc1cccc(O)c1. The van der Waals surface area contributed by atoms with Crippen LogP contribution in [0.1, 0.15) is 12.5 Å². The molecule has 0 radical (unpaired) electrons. The van der Waals surface area contributed by atoms with E-state index in [1.807, 2.05) is 31.0 Å². The predicted octanol–water partition coefficient (Wildman–Crippen LogP) is 1.63. The van der Waals surface area contributed by atoms with Gasteiger partial charge in [-0.2, -0.15) is 0 Å². The number of hydrogen-bond acceptors (Lipinski definition) is 4. The zero-order valence-corrected chi connectivity index (χ0v) is 10.5. The van der Waals surface area contributed by atoms with Crippen LogP contribution in [0.15, 0.2) is 24.3 Å². The van der Waals surface area contributed by atoms with Crippen molar-refractivity contribution in [2.24, 2.45) is 5.92 Å². The third kappa shape index (κ3) is 4.44.